The lowest BCUT2D eigenvalue weighted by molar-refractivity contribution is -0.118. The van der Waals surface area contributed by atoms with Crippen LogP contribution in [0.1, 0.15) is 11.1 Å². The monoisotopic (exact) mass is 300 g/mol. The van der Waals surface area contributed by atoms with Gasteiger partial charge in [0, 0.05) is 10.7 Å². The Kier molecular flexibility index (Phi) is 4.81. The fraction of sp³-hybridized carbons (Fsp3) is 0.125. The molecule has 1 N–H and O–H groups in total. The minimum atomic E-state index is -0.289. The predicted molar refractivity (Wildman–Crippen MR) is 81.5 cm³/mol. The number of nitrogens with zero attached hydrogens (tertiary/aromatic N) is 1. The number of halogens is 1. The van der Waals surface area contributed by atoms with Crippen molar-refractivity contribution in [1.82, 2.24) is 0 Å². The van der Waals surface area contributed by atoms with Crippen molar-refractivity contribution < 1.29 is 9.53 Å². The van der Waals surface area contributed by atoms with E-state index in [4.69, 9.17) is 21.6 Å². The van der Waals surface area contributed by atoms with Crippen LogP contribution in [0.25, 0.3) is 0 Å². The molecule has 5 heteroatoms. The lowest BCUT2D eigenvalue weighted by Gasteiger charge is -2.10. The highest BCUT2D eigenvalue weighted by atomic mass is 35.5. The molecule has 0 atom stereocenters. The van der Waals surface area contributed by atoms with E-state index in [1.165, 1.54) is 0 Å². The van der Waals surface area contributed by atoms with Gasteiger partial charge in [-0.15, -0.1) is 0 Å². The van der Waals surface area contributed by atoms with Crippen molar-refractivity contribution in [3.8, 4) is 11.8 Å². The molecule has 0 aromatic heterocycles. The fourth-order valence-corrected chi connectivity index (χ4v) is 1.89. The summed E-state index contributed by atoms with van der Waals surface area (Å²) < 4.78 is 5.36. The number of aryl methyl sites for hydroxylation is 1. The number of amides is 1. The molecule has 1 amide bonds. The molecule has 106 valence electrons. The summed E-state index contributed by atoms with van der Waals surface area (Å²) in [4.78, 5) is 11.9. The predicted octanol–water partition coefficient (Wildman–Crippen LogP) is 3.54. The minimum Gasteiger partial charge on any atom is -0.484 e. The number of hydrogen-bond acceptors (Lipinski definition) is 3. The first-order valence-electron chi connectivity index (χ1n) is 6.27. The molecule has 0 spiro atoms. The van der Waals surface area contributed by atoms with Crippen LogP contribution in [0.5, 0.6) is 5.75 Å². The van der Waals surface area contributed by atoms with E-state index < -0.39 is 0 Å². The summed E-state index contributed by atoms with van der Waals surface area (Å²) in [5.41, 5.74) is 2.06. The van der Waals surface area contributed by atoms with Gasteiger partial charge in [0.15, 0.2) is 6.61 Å². The number of anilines is 1. The molecular formula is C16H13ClN2O2. The van der Waals surface area contributed by atoms with Crippen LogP contribution < -0.4 is 10.1 Å². The molecule has 21 heavy (non-hydrogen) atoms. The van der Waals surface area contributed by atoms with E-state index in [2.05, 4.69) is 5.32 Å². The van der Waals surface area contributed by atoms with Gasteiger partial charge < -0.3 is 10.1 Å². The van der Waals surface area contributed by atoms with Gasteiger partial charge in [-0.05, 0) is 42.8 Å². The smallest absolute Gasteiger partial charge is 0.262 e. The molecule has 0 aliphatic carbocycles. The van der Waals surface area contributed by atoms with Crippen molar-refractivity contribution in [1.29, 1.82) is 5.26 Å². The molecule has 0 aliphatic rings. The Morgan fingerprint density at radius 1 is 1.33 bits per heavy atom. The van der Waals surface area contributed by atoms with E-state index in [-0.39, 0.29) is 12.5 Å². The zero-order valence-electron chi connectivity index (χ0n) is 11.4. The van der Waals surface area contributed by atoms with Crippen LogP contribution in [0.3, 0.4) is 0 Å². The number of nitriles is 1. The van der Waals surface area contributed by atoms with Crippen LogP contribution in [-0.4, -0.2) is 12.5 Å². The fourth-order valence-electron chi connectivity index (χ4n) is 1.72. The molecule has 0 unspecified atom stereocenters. The summed E-state index contributed by atoms with van der Waals surface area (Å²) in [6, 6.07) is 13.9. The van der Waals surface area contributed by atoms with Gasteiger partial charge in [-0.3, -0.25) is 4.79 Å². The quantitative estimate of drug-likeness (QED) is 0.939. The Morgan fingerprint density at radius 3 is 2.90 bits per heavy atom. The summed E-state index contributed by atoms with van der Waals surface area (Å²) in [6.07, 6.45) is 0. The van der Waals surface area contributed by atoms with Crippen LogP contribution in [-0.2, 0) is 4.79 Å². The largest absolute Gasteiger partial charge is 0.484 e. The number of rotatable bonds is 4. The van der Waals surface area contributed by atoms with Gasteiger partial charge in [0.1, 0.15) is 5.75 Å². The molecule has 0 heterocycles. The van der Waals surface area contributed by atoms with Gasteiger partial charge in [0.05, 0.1) is 11.6 Å². The average molecular weight is 301 g/mol. The van der Waals surface area contributed by atoms with Crippen molar-refractivity contribution in [3.63, 3.8) is 0 Å². The highest BCUT2D eigenvalue weighted by Gasteiger charge is 2.07. The van der Waals surface area contributed by atoms with Gasteiger partial charge in [-0.1, -0.05) is 23.7 Å². The van der Waals surface area contributed by atoms with Gasteiger partial charge >= 0.3 is 0 Å². The van der Waals surface area contributed by atoms with Gasteiger partial charge in [-0.25, -0.2) is 0 Å². The summed E-state index contributed by atoms with van der Waals surface area (Å²) in [5.74, 6) is 0.190. The Morgan fingerprint density at radius 2 is 2.14 bits per heavy atom. The maximum Gasteiger partial charge on any atom is 0.262 e. The molecule has 0 fully saturated rings. The molecule has 0 aliphatic heterocycles. The second-order valence-electron chi connectivity index (χ2n) is 4.44. The highest BCUT2D eigenvalue weighted by Crippen LogP contribution is 2.20. The normalized spacial score (nSPS) is 9.76. The second-order valence-corrected chi connectivity index (χ2v) is 4.87. The highest BCUT2D eigenvalue weighted by molar-refractivity contribution is 6.31. The lowest BCUT2D eigenvalue weighted by atomic mass is 10.2. The Balaban J connectivity index is 1.96. The molecule has 0 saturated heterocycles. The van der Waals surface area contributed by atoms with E-state index in [1.807, 2.05) is 19.1 Å². The van der Waals surface area contributed by atoms with E-state index >= 15 is 0 Å². The van der Waals surface area contributed by atoms with Crippen molar-refractivity contribution in [2.24, 2.45) is 0 Å². The van der Waals surface area contributed by atoms with E-state index in [9.17, 15) is 4.79 Å². The second kappa shape index (κ2) is 6.78. The first-order chi connectivity index (χ1) is 10.1. The maximum absolute atomic E-state index is 11.9. The standard InChI is InChI=1S/C16H13ClN2O2/c1-11-5-6-13(17)8-15(11)19-16(20)10-21-14-4-2-3-12(7-14)9-18/h2-8H,10H2,1H3,(H,19,20). The van der Waals surface area contributed by atoms with Crippen LogP contribution in [0.4, 0.5) is 5.69 Å². The number of nitrogens with one attached hydrogen (secondary N) is 1. The van der Waals surface area contributed by atoms with Crippen molar-refractivity contribution in [2.75, 3.05) is 11.9 Å². The van der Waals surface area contributed by atoms with Crippen molar-refractivity contribution >= 4 is 23.2 Å². The Hall–Kier alpha value is -2.51. The first-order valence-corrected chi connectivity index (χ1v) is 6.65. The van der Waals surface area contributed by atoms with Gasteiger partial charge in [-0.2, -0.15) is 5.26 Å². The third kappa shape index (κ3) is 4.23. The van der Waals surface area contributed by atoms with Crippen molar-refractivity contribution in [2.45, 2.75) is 6.92 Å². The molecule has 2 rings (SSSR count). The first kappa shape index (κ1) is 14.9. The van der Waals surface area contributed by atoms with E-state index in [0.29, 0.717) is 22.0 Å². The molecule has 0 bridgehead atoms. The zero-order chi connectivity index (χ0) is 15.2. The van der Waals surface area contributed by atoms with E-state index in [1.54, 1.807) is 36.4 Å². The SMILES string of the molecule is Cc1ccc(Cl)cc1NC(=O)COc1cccc(C#N)c1. The Bertz CT molecular complexity index is 708. The van der Waals surface area contributed by atoms with Gasteiger partial charge in [0.25, 0.3) is 5.91 Å². The van der Waals surface area contributed by atoms with E-state index in [0.717, 1.165) is 5.56 Å². The molecular weight excluding hydrogens is 288 g/mol. The summed E-state index contributed by atoms with van der Waals surface area (Å²) in [5, 5.41) is 12.1. The van der Waals surface area contributed by atoms with Crippen LogP contribution in [0.2, 0.25) is 5.02 Å². The average Bonchev–Trinajstić information content (AvgIpc) is 2.49. The summed E-state index contributed by atoms with van der Waals surface area (Å²) in [6.45, 7) is 1.74. The number of carbonyl (C=O) groups excluding carboxylic acids is 1. The summed E-state index contributed by atoms with van der Waals surface area (Å²) >= 11 is 5.89. The van der Waals surface area contributed by atoms with Crippen LogP contribution in [0.15, 0.2) is 42.5 Å². The zero-order valence-corrected chi connectivity index (χ0v) is 12.1. The molecule has 0 radical (unpaired) electrons. The number of carbonyl (C=O) groups is 1. The third-order valence-electron chi connectivity index (χ3n) is 2.81. The molecule has 0 saturated carbocycles. The third-order valence-corrected chi connectivity index (χ3v) is 3.04. The number of hydrogen-bond donors (Lipinski definition) is 1. The lowest BCUT2D eigenvalue weighted by Crippen LogP contribution is -2.20. The topological polar surface area (TPSA) is 62.1 Å². The number of ether oxygens (including phenoxy) is 1. The molecule has 2 aromatic carbocycles. The molecule has 2 aromatic rings. The molecule has 4 nitrogen and oxygen atoms in total. The van der Waals surface area contributed by atoms with Gasteiger partial charge in [0.2, 0.25) is 0 Å². The summed E-state index contributed by atoms with van der Waals surface area (Å²) in [7, 11) is 0. The Labute approximate surface area is 127 Å². The minimum absolute atomic E-state index is 0.138. The van der Waals surface area contributed by atoms with Crippen LogP contribution in [0, 0.1) is 18.3 Å². The maximum atomic E-state index is 11.9. The van der Waals surface area contributed by atoms with Crippen LogP contribution >= 0.6 is 11.6 Å². The number of benzene rings is 2. The van der Waals surface area contributed by atoms with Crippen molar-refractivity contribution in [3.05, 3.63) is 58.6 Å².